The van der Waals surface area contributed by atoms with Gasteiger partial charge in [0.25, 0.3) is 0 Å². The summed E-state index contributed by atoms with van der Waals surface area (Å²) in [7, 11) is 0. The molecule has 74 valence electrons. The Hall–Kier alpha value is -0.500. The molecule has 0 N–H and O–H groups in total. The van der Waals surface area contributed by atoms with Crippen LogP contribution in [0.3, 0.4) is 0 Å². The summed E-state index contributed by atoms with van der Waals surface area (Å²) >= 11 is 3.40. The Morgan fingerprint density at radius 3 is 2.31 bits per heavy atom. The molecule has 0 heterocycles. The van der Waals surface area contributed by atoms with Gasteiger partial charge in [-0.1, -0.05) is 29.8 Å². The lowest BCUT2D eigenvalue weighted by Gasteiger charge is -2.03. The lowest BCUT2D eigenvalue weighted by Crippen LogP contribution is -1.91. The van der Waals surface area contributed by atoms with Gasteiger partial charge in [-0.25, -0.2) is 0 Å². The molecule has 0 radical (unpaired) electrons. The molecule has 1 aromatic carbocycles. The maximum Gasteiger partial charge on any atom is 0.120 e. The molecule has 0 aromatic heterocycles. The van der Waals surface area contributed by atoms with Gasteiger partial charge < -0.3 is 4.74 Å². The smallest absolute Gasteiger partial charge is 0.120 e. The molecule has 13 heavy (non-hydrogen) atoms. The molecule has 1 rings (SSSR count). The second-order valence-corrected chi connectivity index (χ2v) is 3.31. The Morgan fingerprint density at radius 1 is 1.23 bits per heavy atom. The van der Waals surface area contributed by atoms with Crippen molar-refractivity contribution in [2.24, 2.45) is 0 Å². The van der Waals surface area contributed by atoms with Crippen molar-refractivity contribution in [2.45, 2.75) is 27.7 Å². The normalized spacial score (nSPS) is 8.69. The second-order valence-electron chi connectivity index (χ2n) is 2.40. The summed E-state index contributed by atoms with van der Waals surface area (Å²) in [6, 6.07) is 6.05. The van der Waals surface area contributed by atoms with Crippen LogP contribution in [0.1, 0.15) is 26.3 Å². The van der Waals surface area contributed by atoms with Crippen LogP contribution >= 0.6 is 15.9 Å². The van der Waals surface area contributed by atoms with Crippen LogP contribution in [0.5, 0.6) is 5.75 Å². The van der Waals surface area contributed by atoms with E-state index in [1.165, 1.54) is 5.56 Å². The van der Waals surface area contributed by atoms with Crippen molar-refractivity contribution in [1.29, 1.82) is 0 Å². The minimum absolute atomic E-state index is 0.718. The summed E-state index contributed by atoms with van der Waals surface area (Å²) in [5.41, 5.74) is 1.21. The average Bonchev–Trinajstić information content (AvgIpc) is 2.06. The highest BCUT2D eigenvalue weighted by Gasteiger charge is 1.94. The van der Waals surface area contributed by atoms with Crippen molar-refractivity contribution < 1.29 is 4.74 Å². The Labute approximate surface area is 89.2 Å². The molecule has 0 amide bonds. The van der Waals surface area contributed by atoms with Crippen LogP contribution in [0.15, 0.2) is 22.7 Å². The molecule has 1 nitrogen and oxygen atoms in total. The van der Waals surface area contributed by atoms with E-state index in [2.05, 4.69) is 22.0 Å². The topological polar surface area (TPSA) is 9.23 Å². The zero-order chi connectivity index (χ0) is 10.3. The molecule has 0 unspecified atom stereocenters. The Morgan fingerprint density at radius 2 is 1.85 bits per heavy atom. The van der Waals surface area contributed by atoms with Crippen LogP contribution in [-0.2, 0) is 0 Å². The first-order valence-corrected chi connectivity index (χ1v) is 5.41. The van der Waals surface area contributed by atoms with Gasteiger partial charge in [0.15, 0.2) is 0 Å². The highest BCUT2D eigenvalue weighted by atomic mass is 79.9. The summed E-state index contributed by atoms with van der Waals surface area (Å²) in [6.45, 7) is 8.75. The maximum absolute atomic E-state index is 5.34. The van der Waals surface area contributed by atoms with Crippen LogP contribution in [0, 0.1) is 6.92 Å². The summed E-state index contributed by atoms with van der Waals surface area (Å²) in [6.07, 6.45) is 0. The number of benzene rings is 1. The number of rotatable bonds is 2. The van der Waals surface area contributed by atoms with Crippen molar-refractivity contribution in [3.8, 4) is 5.75 Å². The van der Waals surface area contributed by atoms with E-state index >= 15 is 0 Å². The molecule has 0 aliphatic heterocycles. The number of halogens is 1. The molecule has 0 bridgehead atoms. The number of ether oxygens (including phenoxy) is 1. The molecule has 2 heteroatoms. The van der Waals surface area contributed by atoms with E-state index in [1.54, 1.807) is 0 Å². The van der Waals surface area contributed by atoms with Gasteiger partial charge in [0.2, 0.25) is 0 Å². The van der Waals surface area contributed by atoms with Crippen LogP contribution in [0.4, 0.5) is 0 Å². The van der Waals surface area contributed by atoms with Crippen molar-refractivity contribution in [3.63, 3.8) is 0 Å². The van der Waals surface area contributed by atoms with Crippen LogP contribution in [0.2, 0.25) is 0 Å². The van der Waals surface area contributed by atoms with Gasteiger partial charge in [0.1, 0.15) is 5.75 Å². The molecule has 0 atom stereocenters. The predicted molar refractivity (Wildman–Crippen MR) is 61.4 cm³/mol. The van der Waals surface area contributed by atoms with Gasteiger partial charge in [0, 0.05) is 4.47 Å². The second kappa shape index (κ2) is 6.96. The van der Waals surface area contributed by atoms with E-state index in [0.29, 0.717) is 0 Å². The first-order chi connectivity index (χ1) is 6.22. The predicted octanol–water partition coefficient (Wildman–Crippen LogP) is 4.18. The third kappa shape index (κ3) is 4.94. The first-order valence-electron chi connectivity index (χ1n) is 4.62. The number of hydrogen-bond acceptors (Lipinski definition) is 1. The molecular formula is C11H17BrO. The van der Waals surface area contributed by atoms with E-state index in [4.69, 9.17) is 4.74 Å². The summed E-state index contributed by atoms with van der Waals surface area (Å²) in [5.74, 6) is 0.930. The van der Waals surface area contributed by atoms with Gasteiger partial charge in [-0.15, -0.1) is 0 Å². The summed E-state index contributed by atoms with van der Waals surface area (Å²) < 4.78 is 6.41. The van der Waals surface area contributed by atoms with Gasteiger partial charge in [-0.05, 0) is 37.6 Å². The van der Waals surface area contributed by atoms with Crippen LogP contribution in [-0.4, -0.2) is 6.61 Å². The SMILES string of the molecule is CC.CCOc1cc(C)cc(Br)c1. The van der Waals surface area contributed by atoms with E-state index in [9.17, 15) is 0 Å². The first kappa shape index (κ1) is 12.5. The molecule has 0 saturated carbocycles. The average molecular weight is 245 g/mol. The van der Waals surface area contributed by atoms with Crippen LogP contribution in [0.25, 0.3) is 0 Å². The lowest BCUT2D eigenvalue weighted by atomic mass is 10.2. The fraction of sp³-hybridized carbons (Fsp3) is 0.455. The molecule has 0 spiro atoms. The third-order valence-corrected chi connectivity index (χ3v) is 1.78. The lowest BCUT2D eigenvalue weighted by molar-refractivity contribution is 0.340. The third-order valence-electron chi connectivity index (χ3n) is 1.33. The molecule has 0 aliphatic carbocycles. The zero-order valence-electron chi connectivity index (χ0n) is 8.73. The molecule has 0 fully saturated rings. The number of hydrogen-bond donors (Lipinski definition) is 0. The van der Waals surface area contributed by atoms with Crippen molar-refractivity contribution in [1.82, 2.24) is 0 Å². The highest BCUT2D eigenvalue weighted by molar-refractivity contribution is 9.10. The number of aryl methyl sites for hydroxylation is 1. The Kier molecular flexibility index (Phi) is 6.69. The van der Waals surface area contributed by atoms with Crippen LogP contribution < -0.4 is 4.74 Å². The van der Waals surface area contributed by atoms with E-state index in [1.807, 2.05) is 39.8 Å². The molecular weight excluding hydrogens is 228 g/mol. The maximum atomic E-state index is 5.34. The van der Waals surface area contributed by atoms with E-state index < -0.39 is 0 Å². The van der Waals surface area contributed by atoms with Gasteiger partial charge in [-0.2, -0.15) is 0 Å². The fourth-order valence-electron chi connectivity index (χ4n) is 0.953. The quantitative estimate of drug-likeness (QED) is 0.759. The summed E-state index contributed by atoms with van der Waals surface area (Å²) in [5, 5.41) is 0. The van der Waals surface area contributed by atoms with Gasteiger partial charge in [0.05, 0.1) is 6.61 Å². The van der Waals surface area contributed by atoms with E-state index in [-0.39, 0.29) is 0 Å². The Bertz CT molecular complexity index is 226. The van der Waals surface area contributed by atoms with Crippen molar-refractivity contribution >= 4 is 15.9 Å². The van der Waals surface area contributed by atoms with Crippen molar-refractivity contribution in [2.75, 3.05) is 6.61 Å². The summed E-state index contributed by atoms with van der Waals surface area (Å²) in [4.78, 5) is 0. The molecule has 0 aliphatic rings. The largest absolute Gasteiger partial charge is 0.494 e. The minimum Gasteiger partial charge on any atom is -0.494 e. The van der Waals surface area contributed by atoms with E-state index in [0.717, 1.165) is 16.8 Å². The zero-order valence-corrected chi connectivity index (χ0v) is 10.3. The van der Waals surface area contributed by atoms with Gasteiger partial charge in [-0.3, -0.25) is 0 Å². The molecule has 1 aromatic rings. The monoisotopic (exact) mass is 244 g/mol. The molecule has 0 saturated heterocycles. The fourth-order valence-corrected chi connectivity index (χ4v) is 1.54. The van der Waals surface area contributed by atoms with Gasteiger partial charge >= 0.3 is 0 Å². The standard InChI is InChI=1S/C9H11BrO.C2H6/c1-3-11-9-5-7(2)4-8(10)6-9;1-2/h4-6H,3H2,1-2H3;1-2H3. The highest BCUT2D eigenvalue weighted by Crippen LogP contribution is 2.20. The minimum atomic E-state index is 0.718. The Balaban J connectivity index is 0.000000671. The van der Waals surface area contributed by atoms with Crippen molar-refractivity contribution in [3.05, 3.63) is 28.2 Å².